The van der Waals surface area contributed by atoms with Gasteiger partial charge in [0.2, 0.25) is 0 Å². The van der Waals surface area contributed by atoms with Gasteiger partial charge in [0, 0.05) is 53.5 Å². The molecular formula is C40H36N6O4. The molecule has 0 radical (unpaired) electrons. The normalized spacial score (nSPS) is 16.9. The molecule has 0 spiro atoms. The van der Waals surface area contributed by atoms with Crippen LogP contribution in [0.15, 0.2) is 108 Å². The number of fused-ring (bicyclic) bond motifs is 2. The fraction of sp³-hybridized carbons (Fsp3) is 0.225. The molecule has 10 heteroatoms. The van der Waals surface area contributed by atoms with Gasteiger partial charge in [0.05, 0.1) is 12.0 Å². The molecule has 6 aromatic rings. The van der Waals surface area contributed by atoms with Crippen LogP contribution in [0.2, 0.25) is 0 Å². The van der Waals surface area contributed by atoms with Gasteiger partial charge in [0.15, 0.2) is 5.78 Å². The zero-order valence-corrected chi connectivity index (χ0v) is 27.4. The molecule has 50 heavy (non-hydrogen) atoms. The second-order valence-corrected chi connectivity index (χ2v) is 13.1. The quantitative estimate of drug-likeness (QED) is 0.174. The number of ether oxygens (including phenoxy) is 1. The van der Waals surface area contributed by atoms with Crippen LogP contribution in [0.25, 0.3) is 27.8 Å². The molecule has 1 fully saturated rings. The van der Waals surface area contributed by atoms with E-state index in [1.54, 1.807) is 24.3 Å². The SMILES string of the molecule is Nc1ncnc2c1c(-c1ccc(NC(=O)c3cc4c(n(-c5ccccc5)c3=O)CCCC4=O)cc1)cn2C1CC(COCc2ccccc2)C1. The van der Waals surface area contributed by atoms with Crippen LogP contribution in [0, 0.1) is 5.92 Å². The standard InChI is InChI=1S/C40H36N6O4/c41-37-36-33(21-45(38(36)43-24-42-37)30-18-26(19-30)23-50-22-25-8-3-1-4-9-25)27-14-16-28(17-15-27)44-39(48)32-20-31-34(12-7-13-35(31)47)46(40(32)49)29-10-5-2-6-11-29/h1-6,8-11,14-17,20-21,24,26,30H,7,12-13,18-19,22-23H2,(H,44,48)(H2,41,42,43). The molecule has 3 aromatic carbocycles. The van der Waals surface area contributed by atoms with Crippen LogP contribution in [-0.4, -0.2) is 37.4 Å². The Morgan fingerprint density at radius 2 is 1.64 bits per heavy atom. The van der Waals surface area contributed by atoms with Gasteiger partial charge >= 0.3 is 0 Å². The van der Waals surface area contributed by atoms with E-state index in [-0.39, 0.29) is 17.4 Å². The summed E-state index contributed by atoms with van der Waals surface area (Å²) in [7, 11) is 0. The number of Topliss-reactive ketones (excluding diaryl/α,β-unsaturated/α-hetero) is 1. The number of nitrogens with one attached hydrogen (secondary N) is 1. The van der Waals surface area contributed by atoms with Crippen LogP contribution < -0.4 is 16.6 Å². The monoisotopic (exact) mass is 664 g/mol. The molecule has 250 valence electrons. The third-order valence-electron chi connectivity index (χ3n) is 9.84. The molecule has 0 unspecified atom stereocenters. The van der Waals surface area contributed by atoms with Gasteiger partial charge in [-0.15, -0.1) is 0 Å². The van der Waals surface area contributed by atoms with E-state index in [1.165, 1.54) is 22.5 Å². The van der Waals surface area contributed by atoms with Crippen molar-refractivity contribution in [2.75, 3.05) is 17.7 Å². The van der Waals surface area contributed by atoms with Crippen molar-refractivity contribution in [1.82, 2.24) is 19.1 Å². The Balaban J connectivity index is 1.01. The molecule has 1 amide bonds. The van der Waals surface area contributed by atoms with E-state index in [2.05, 4.69) is 38.2 Å². The number of nitrogen functional groups attached to an aromatic ring is 1. The fourth-order valence-electron chi connectivity index (χ4n) is 7.22. The number of hydrogen-bond donors (Lipinski definition) is 2. The number of carbonyl (C=O) groups excluding carboxylic acids is 2. The third-order valence-corrected chi connectivity index (χ3v) is 9.84. The summed E-state index contributed by atoms with van der Waals surface area (Å²) in [4.78, 5) is 49.1. The first kappa shape index (κ1) is 31.4. The van der Waals surface area contributed by atoms with Gasteiger partial charge in [0.1, 0.15) is 23.4 Å². The maximum absolute atomic E-state index is 13.8. The van der Waals surface area contributed by atoms with E-state index in [9.17, 15) is 14.4 Å². The molecule has 10 nitrogen and oxygen atoms in total. The molecule has 0 aliphatic heterocycles. The average Bonchev–Trinajstić information content (AvgIpc) is 3.50. The third kappa shape index (κ3) is 5.88. The molecule has 3 N–H and O–H groups in total. The average molecular weight is 665 g/mol. The summed E-state index contributed by atoms with van der Waals surface area (Å²) in [5.41, 5.74) is 11.8. The number of nitrogens with two attached hydrogens (primary N) is 1. The molecule has 3 heterocycles. The number of para-hydroxylation sites is 1. The fourth-order valence-corrected chi connectivity index (χ4v) is 7.22. The Bertz CT molecular complexity index is 2270. The van der Waals surface area contributed by atoms with Crippen molar-refractivity contribution < 1.29 is 14.3 Å². The Morgan fingerprint density at radius 1 is 0.900 bits per heavy atom. The number of rotatable bonds is 9. The summed E-state index contributed by atoms with van der Waals surface area (Å²) in [6.45, 7) is 1.32. The lowest BCUT2D eigenvalue weighted by Gasteiger charge is -2.36. The molecular weight excluding hydrogens is 628 g/mol. The maximum atomic E-state index is 13.8. The Morgan fingerprint density at radius 3 is 2.40 bits per heavy atom. The highest BCUT2D eigenvalue weighted by atomic mass is 16.5. The highest BCUT2D eigenvalue weighted by Crippen LogP contribution is 2.43. The molecule has 1 saturated carbocycles. The first-order valence-electron chi connectivity index (χ1n) is 17.0. The lowest BCUT2D eigenvalue weighted by Crippen LogP contribution is -2.33. The first-order chi connectivity index (χ1) is 24.4. The van der Waals surface area contributed by atoms with E-state index in [4.69, 9.17) is 10.5 Å². The minimum absolute atomic E-state index is 0.0643. The minimum atomic E-state index is -0.574. The van der Waals surface area contributed by atoms with Crippen LogP contribution in [0.4, 0.5) is 11.5 Å². The predicted octanol–water partition coefficient (Wildman–Crippen LogP) is 6.77. The highest BCUT2D eigenvalue weighted by molar-refractivity contribution is 6.07. The van der Waals surface area contributed by atoms with Crippen LogP contribution in [-0.2, 0) is 17.8 Å². The van der Waals surface area contributed by atoms with Crippen molar-refractivity contribution in [2.24, 2.45) is 5.92 Å². The summed E-state index contributed by atoms with van der Waals surface area (Å²) in [6.07, 6.45) is 7.18. The first-order valence-corrected chi connectivity index (χ1v) is 17.0. The minimum Gasteiger partial charge on any atom is -0.383 e. The summed E-state index contributed by atoms with van der Waals surface area (Å²) >= 11 is 0. The number of pyridine rings is 1. The molecule has 0 atom stereocenters. The number of benzene rings is 3. The van der Waals surface area contributed by atoms with Gasteiger partial charge in [-0.2, -0.15) is 0 Å². The number of ketones is 1. The van der Waals surface area contributed by atoms with Crippen molar-refractivity contribution >= 4 is 34.2 Å². The van der Waals surface area contributed by atoms with Gasteiger partial charge in [-0.1, -0.05) is 60.7 Å². The van der Waals surface area contributed by atoms with E-state index in [0.717, 1.165) is 35.0 Å². The van der Waals surface area contributed by atoms with Crippen molar-refractivity contribution in [3.05, 3.63) is 136 Å². The van der Waals surface area contributed by atoms with Crippen molar-refractivity contribution in [3.8, 4) is 16.8 Å². The molecule has 3 aromatic heterocycles. The Labute approximate surface area is 288 Å². The number of carbonyl (C=O) groups is 2. The number of amides is 1. The van der Waals surface area contributed by atoms with E-state index >= 15 is 0 Å². The van der Waals surface area contributed by atoms with Gasteiger partial charge < -0.3 is 20.4 Å². The van der Waals surface area contributed by atoms with Crippen LogP contribution >= 0.6 is 0 Å². The lowest BCUT2D eigenvalue weighted by atomic mass is 9.80. The van der Waals surface area contributed by atoms with E-state index in [1.807, 2.05) is 48.5 Å². The van der Waals surface area contributed by atoms with Gasteiger partial charge in [-0.3, -0.25) is 19.0 Å². The zero-order valence-electron chi connectivity index (χ0n) is 27.4. The topological polar surface area (TPSA) is 134 Å². The smallest absolute Gasteiger partial charge is 0.268 e. The summed E-state index contributed by atoms with van der Waals surface area (Å²) in [5.74, 6) is 0.234. The van der Waals surface area contributed by atoms with Crippen molar-refractivity contribution in [1.29, 1.82) is 0 Å². The maximum Gasteiger partial charge on any atom is 0.268 e. The number of nitrogens with zero attached hydrogens (tertiary/aromatic N) is 4. The number of hydrogen-bond acceptors (Lipinski definition) is 7. The largest absolute Gasteiger partial charge is 0.383 e. The van der Waals surface area contributed by atoms with E-state index in [0.29, 0.717) is 66.8 Å². The molecule has 8 rings (SSSR count). The Kier molecular flexibility index (Phi) is 8.30. The van der Waals surface area contributed by atoms with Gasteiger partial charge in [-0.05, 0) is 73.1 Å². The molecule has 0 saturated heterocycles. The summed E-state index contributed by atoms with van der Waals surface area (Å²) in [6, 6.07) is 28.4. The molecule has 2 aliphatic rings. The number of aromatic nitrogens is 4. The van der Waals surface area contributed by atoms with Gasteiger partial charge in [-0.25, -0.2) is 9.97 Å². The second kappa shape index (κ2) is 13.2. The predicted molar refractivity (Wildman–Crippen MR) is 192 cm³/mol. The summed E-state index contributed by atoms with van der Waals surface area (Å²) < 4.78 is 9.70. The summed E-state index contributed by atoms with van der Waals surface area (Å²) in [5, 5.41) is 3.66. The van der Waals surface area contributed by atoms with Crippen molar-refractivity contribution in [2.45, 2.75) is 44.8 Å². The number of anilines is 2. The molecule has 0 bridgehead atoms. The van der Waals surface area contributed by atoms with Gasteiger partial charge in [0.25, 0.3) is 11.5 Å². The molecule has 2 aliphatic carbocycles. The van der Waals surface area contributed by atoms with Crippen molar-refractivity contribution in [3.63, 3.8) is 0 Å². The zero-order chi connectivity index (χ0) is 34.2. The second-order valence-electron chi connectivity index (χ2n) is 13.1. The van der Waals surface area contributed by atoms with Crippen LogP contribution in [0.3, 0.4) is 0 Å². The van der Waals surface area contributed by atoms with Crippen LogP contribution in [0.5, 0.6) is 0 Å². The lowest BCUT2D eigenvalue weighted by molar-refractivity contribution is 0.0387. The van der Waals surface area contributed by atoms with Crippen LogP contribution in [0.1, 0.15) is 63.7 Å². The van der Waals surface area contributed by atoms with E-state index < -0.39 is 11.5 Å². The highest BCUT2D eigenvalue weighted by Gasteiger charge is 2.33. The Hall–Kier alpha value is -5.87.